The van der Waals surface area contributed by atoms with Gasteiger partial charge in [0.25, 0.3) is 5.91 Å². The fourth-order valence-electron chi connectivity index (χ4n) is 5.69. The molecule has 0 aliphatic carbocycles. The summed E-state index contributed by atoms with van der Waals surface area (Å²) in [6.07, 6.45) is 0. The van der Waals surface area contributed by atoms with E-state index in [1.807, 2.05) is 78.9 Å². The van der Waals surface area contributed by atoms with Crippen LogP contribution >= 0.6 is 0 Å². The van der Waals surface area contributed by atoms with Crippen LogP contribution in [0, 0.1) is 5.92 Å². The van der Waals surface area contributed by atoms with Crippen LogP contribution in [0.25, 0.3) is 0 Å². The summed E-state index contributed by atoms with van der Waals surface area (Å²) in [5.74, 6) is -1.56. The summed E-state index contributed by atoms with van der Waals surface area (Å²) >= 11 is 0. The first-order valence-electron chi connectivity index (χ1n) is 12.9. The van der Waals surface area contributed by atoms with Crippen LogP contribution in [0.3, 0.4) is 0 Å². The van der Waals surface area contributed by atoms with Gasteiger partial charge in [-0.3, -0.25) is 14.4 Å². The number of likely N-dealkylation sites (N-methyl/N-ethyl adjacent to an activating group) is 1. The summed E-state index contributed by atoms with van der Waals surface area (Å²) in [6, 6.07) is 33.4. The Balaban J connectivity index is 1.77. The lowest BCUT2D eigenvalue weighted by molar-refractivity contribution is -0.125. The molecule has 6 nitrogen and oxygen atoms in total. The molecule has 5 rings (SSSR count). The van der Waals surface area contributed by atoms with Crippen LogP contribution in [-0.4, -0.2) is 42.7 Å². The maximum Gasteiger partial charge on any atom is 0.255 e. The van der Waals surface area contributed by atoms with Crippen LogP contribution in [0.1, 0.15) is 43.8 Å². The number of ether oxygens (including phenoxy) is 1. The molecule has 1 aliphatic rings. The molecule has 4 aromatic carbocycles. The van der Waals surface area contributed by atoms with Crippen molar-refractivity contribution in [3.8, 4) is 5.75 Å². The standard InChI is InChI=1S/C33H30N2O4/c1-34-32(37)30-27(22-13-6-3-7-14-22)28(31(36)24-17-10-5-11-18-24)29(23-15-8-4-9-16-23)35(30)33(38)25-19-12-20-26(21-25)39-2/h3-21,27-30H,1-2H3,(H,34,37). The molecular weight excluding hydrogens is 488 g/mol. The lowest BCUT2D eigenvalue weighted by atomic mass is 9.76. The first-order chi connectivity index (χ1) is 19.0. The Morgan fingerprint density at radius 3 is 1.87 bits per heavy atom. The molecule has 1 saturated heterocycles. The van der Waals surface area contributed by atoms with Crippen molar-refractivity contribution in [3.63, 3.8) is 0 Å². The number of rotatable bonds is 7. The van der Waals surface area contributed by atoms with E-state index in [4.69, 9.17) is 4.74 Å². The molecule has 1 fully saturated rings. The average molecular weight is 519 g/mol. The molecule has 196 valence electrons. The Morgan fingerprint density at radius 1 is 0.718 bits per heavy atom. The maximum absolute atomic E-state index is 14.4. The number of carbonyl (C=O) groups excluding carboxylic acids is 3. The highest BCUT2D eigenvalue weighted by molar-refractivity contribution is 6.04. The molecule has 0 radical (unpaired) electrons. The molecule has 0 bridgehead atoms. The summed E-state index contributed by atoms with van der Waals surface area (Å²) in [5, 5.41) is 2.77. The van der Waals surface area contributed by atoms with Gasteiger partial charge in [0.15, 0.2) is 5.78 Å². The summed E-state index contributed by atoms with van der Waals surface area (Å²) < 4.78 is 5.38. The van der Waals surface area contributed by atoms with Crippen molar-refractivity contribution in [2.24, 2.45) is 5.92 Å². The molecule has 1 N–H and O–H groups in total. The number of nitrogens with one attached hydrogen (secondary N) is 1. The van der Waals surface area contributed by atoms with Gasteiger partial charge in [0.1, 0.15) is 11.8 Å². The van der Waals surface area contributed by atoms with Crippen LogP contribution in [0.15, 0.2) is 115 Å². The number of hydrogen-bond donors (Lipinski definition) is 1. The SMILES string of the molecule is CNC(=O)C1C(c2ccccc2)C(C(=O)c2ccccc2)C(c2ccccc2)N1C(=O)c1cccc(OC)c1. The smallest absolute Gasteiger partial charge is 0.255 e. The first kappa shape index (κ1) is 25.9. The molecule has 0 aromatic heterocycles. The van der Waals surface area contributed by atoms with E-state index in [2.05, 4.69) is 5.32 Å². The zero-order valence-electron chi connectivity index (χ0n) is 21.9. The van der Waals surface area contributed by atoms with Crippen LogP contribution < -0.4 is 10.1 Å². The van der Waals surface area contributed by atoms with Crippen LogP contribution in [-0.2, 0) is 4.79 Å². The van der Waals surface area contributed by atoms with E-state index in [-0.39, 0.29) is 17.6 Å². The Labute approximate surface area is 228 Å². The fraction of sp³-hybridized carbons (Fsp3) is 0.182. The second kappa shape index (κ2) is 11.4. The maximum atomic E-state index is 14.4. The van der Waals surface area contributed by atoms with E-state index in [9.17, 15) is 14.4 Å². The number of ketones is 1. The lowest BCUT2D eigenvalue weighted by Crippen LogP contribution is -2.47. The Kier molecular flexibility index (Phi) is 7.55. The number of likely N-dealkylation sites (tertiary alicyclic amines) is 1. The number of carbonyl (C=O) groups is 3. The van der Waals surface area contributed by atoms with Crippen molar-refractivity contribution >= 4 is 17.6 Å². The van der Waals surface area contributed by atoms with E-state index in [1.165, 1.54) is 0 Å². The molecule has 1 aliphatic heterocycles. The normalized spacial score (nSPS) is 20.3. The van der Waals surface area contributed by atoms with Crippen LogP contribution in [0.4, 0.5) is 0 Å². The molecule has 4 unspecified atom stereocenters. The summed E-state index contributed by atoms with van der Waals surface area (Å²) in [6.45, 7) is 0. The van der Waals surface area contributed by atoms with E-state index in [1.54, 1.807) is 55.5 Å². The predicted molar refractivity (Wildman–Crippen MR) is 150 cm³/mol. The van der Waals surface area contributed by atoms with E-state index in [0.717, 1.165) is 11.1 Å². The molecule has 1 heterocycles. The molecule has 0 saturated carbocycles. The highest BCUT2D eigenvalue weighted by Gasteiger charge is 2.57. The second-order valence-corrected chi connectivity index (χ2v) is 9.55. The van der Waals surface area contributed by atoms with Gasteiger partial charge >= 0.3 is 0 Å². The van der Waals surface area contributed by atoms with Crippen LogP contribution in [0.2, 0.25) is 0 Å². The zero-order valence-corrected chi connectivity index (χ0v) is 21.9. The fourth-order valence-corrected chi connectivity index (χ4v) is 5.69. The van der Waals surface area contributed by atoms with Gasteiger partial charge in [-0.15, -0.1) is 0 Å². The molecule has 6 heteroatoms. The highest BCUT2D eigenvalue weighted by Crippen LogP contribution is 2.51. The van der Waals surface area contributed by atoms with Gasteiger partial charge in [0.05, 0.1) is 19.1 Å². The van der Waals surface area contributed by atoms with Crippen molar-refractivity contribution in [2.75, 3.05) is 14.2 Å². The quantitative estimate of drug-likeness (QED) is 0.338. The topological polar surface area (TPSA) is 75.7 Å². The molecule has 4 atom stereocenters. The van der Waals surface area contributed by atoms with Crippen molar-refractivity contribution < 1.29 is 19.1 Å². The van der Waals surface area contributed by atoms with Gasteiger partial charge < -0.3 is 15.0 Å². The Bertz CT molecular complexity index is 1460. The first-order valence-corrected chi connectivity index (χ1v) is 12.9. The van der Waals surface area contributed by atoms with Gasteiger partial charge in [-0.1, -0.05) is 97.1 Å². The van der Waals surface area contributed by atoms with Gasteiger partial charge in [-0.2, -0.15) is 0 Å². The van der Waals surface area contributed by atoms with Crippen LogP contribution in [0.5, 0.6) is 5.75 Å². The van der Waals surface area contributed by atoms with Gasteiger partial charge in [0.2, 0.25) is 5.91 Å². The summed E-state index contributed by atoms with van der Waals surface area (Å²) in [5.41, 5.74) is 2.53. The van der Waals surface area contributed by atoms with Crippen molar-refractivity contribution in [1.82, 2.24) is 10.2 Å². The Hall–Kier alpha value is -4.71. The van der Waals surface area contributed by atoms with Gasteiger partial charge in [-0.25, -0.2) is 0 Å². The van der Waals surface area contributed by atoms with Crippen molar-refractivity contribution in [1.29, 1.82) is 0 Å². The number of nitrogens with zero attached hydrogens (tertiary/aromatic N) is 1. The largest absolute Gasteiger partial charge is 0.497 e. The number of methoxy groups -OCH3 is 1. The third kappa shape index (κ3) is 4.93. The van der Waals surface area contributed by atoms with E-state index < -0.39 is 23.9 Å². The second-order valence-electron chi connectivity index (χ2n) is 9.55. The number of benzene rings is 4. The predicted octanol–water partition coefficient (Wildman–Crippen LogP) is 5.29. The number of amides is 2. The van der Waals surface area contributed by atoms with Crippen molar-refractivity contribution in [2.45, 2.75) is 18.0 Å². The highest BCUT2D eigenvalue weighted by atomic mass is 16.5. The minimum Gasteiger partial charge on any atom is -0.497 e. The third-order valence-electron chi connectivity index (χ3n) is 7.42. The number of hydrogen-bond acceptors (Lipinski definition) is 4. The average Bonchev–Trinajstić information content (AvgIpc) is 3.37. The Morgan fingerprint density at radius 2 is 1.28 bits per heavy atom. The summed E-state index contributed by atoms with van der Waals surface area (Å²) in [4.78, 5) is 44.1. The number of Topliss-reactive ketones (excluding diaryl/α,β-unsaturated/α-hetero) is 1. The molecule has 0 spiro atoms. The third-order valence-corrected chi connectivity index (χ3v) is 7.42. The molecule has 39 heavy (non-hydrogen) atoms. The monoisotopic (exact) mass is 518 g/mol. The van der Waals surface area contributed by atoms with E-state index in [0.29, 0.717) is 16.9 Å². The zero-order chi connectivity index (χ0) is 27.4. The minimum atomic E-state index is -0.932. The van der Waals surface area contributed by atoms with Gasteiger partial charge in [-0.05, 0) is 29.3 Å². The van der Waals surface area contributed by atoms with E-state index >= 15 is 0 Å². The molecule has 4 aromatic rings. The minimum absolute atomic E-state index is 0.117. The summed E-state index contributed by atoms with van der Waals surface area (Å²) in [7, 11) is 3.10. The van der Waals surface area contributed by atoms with Gasteiger partial charge in [0, 0.05) is 24.1 Å². The lowest BCUT2D eigenvalue weighted by Gasteiger charge is -2.31. The molecule has 2 amide bonds. The molecular formula is C33H30N2O4. The van der Waals surface area contributed by atoms with Crippen molar-refractivity contribution in [3.05, 3.63) is 138 Å².